The molecule has 0 saturated heterocycles. The third kappa shape index (κ3) is 4.01. The van der Waals surface area contributed by atoms with Gasteiger partial charge in [-0.25, -0.2) is 9.97 Å². The van der Waals surface area contributed by atoms with Crippen molar-refractivity contribution in [3.8, 4) is 5.75 Å². The van der Waals surface area contributed by atoms with E-state index in [1.165, 1.54) is 25.6 Å². The van der Waals surface area contributed by atoms with Gasteiger partial charge in [0, 0.05) is 17.8 Å². The van der Waals surface area contributed by atoms with Crippen molar-refractivity contribution in [1.82, 2.24) is 9.97 Å². The Morgan fingerprint density at radius 1 is 1.17 bits per heavy atom. The lowest BCUT2D eigenvalue weighted by atomic mass is 9.95. The predicted molar refractivity (Wildman–Crippen MR) is 93.3 cm³/mol. The fraction of sp³-hybridized carbons (Fsp3) is 0.389. The molecule has 1 aromatic carbocycles. The van der Waals surface area contributed by atoms with E-state index >= 15 is 0 Å². The highest BCUT2D eigenvalue weighted by molar-refractivity contribution is 6.03. The number of carbonyl (C=O) groups is 1. The van der Waals surface area contributed by atoms with Crippen LogP contribution in [-0.2, 0) is 0 Å². The molecule has 1 aliphatic rings. The van der Waals surface area contributed by atoms with Gasteiger partial charge in [0.15, 0.2) is 0 Å². The van der Waals surface area contributed by atoms with E-state index in [4.69, 9.17) is 0 Å². The van der Waals surface area contributed by atoms with Crippen LogP contribution >= 0.6 is 0 Å². The van der Waals surface area contributed by atoms with E-state index in [-0.39, 0.29) is 11.7 Å². The SMILES string of the molecule is Cc1cc(NC(=O)c2cc(NC3CCCCC3)ncn2)ccc1O. The summed E-state index contributed by atoms with van der Waals surface area (Å²) in [6.45, 7) is 1.78. The molecule has 0 unspecified atom stereocenters. The van der Waals surface area contributed by atoms with Crippen LogP contribution in [-0.4, -0.2) is 27.0 Å². The fourth-order valence-corrected chi connectivity index (χ4v) is 2.94. The quantitative estimate of drug-likeness (QED) is 0.749. The van der Waals surface area contributed by atoms with Crippen molar-refractivity contribution in [3.05, 3.63) is 41.9 Å². The number of nitrogens with zero attached hydrogens (tertiary/aromatic N) is 2. The normalized spacial score (nSPS) is 15.0. The number of aromatic hydroxyl groups is 1. The Bertz CT molecular complexity index is 727. The summed E-state index contributed by atoms with van der Waals surface area (Å²) in [5, 5.41) is 15.7. The Hall–Kier alpha value is -2.63. The summed E-state index contributed by atoms with van der Waals surface area (Å²) in [4.78, 5) is 20.6. The van der Waals surface area contributed by atoms with Gasteiger partial charge < -0.3 is 15.7 Å². The number of hydrogen-bond acceptors (Lipinski definition) is 5. The molecule has 6 heteroatoms. The van der Waals surface area contributed by atoms with Crippen molar-refractivity contribution in [1.29, 1.82) is 0 Å². The van der Waals surface area contributed by atoms with Gasteiger partial charge in [0.25, 0.3) is 5.91 Å². The van der Waals surface area contributed by atoms with Gasteiger partial charge in [0.1, 0.15) is 23.6 Å². The van der Waals surface area contributed by atoms with Gasteiger partial charge in [-0.3, -0.25) is 4.79 Å². The van der Waals surface area contributed by atoms with Crippen molar-refractivity contribution in [2.45, 2.75) is 45.1 Å². The van der Waals surface area contributed by atoms with Gasteiger partial charge >= 0.3 is 0 Å². The second kappa shape index (κ2) is 7.29. The van der Waals surface area contributed by atoms with E-state index in [2.05, 4.69) is 20.6 Å². The van der Waals surface area contributed by atoms with Crippen LogP contribution in [0.3, 0.4) is 0 Å². The summed E-state index contributed by atoms with van der Waals surface area (Å²) < 4.78 is 0. The van der Waals surface area contributed by atoms with E-state index in [1.807, 2.05) is 0 Å². The minimum atomic E-state index is -0.297. The molecule has 1 aromatic heterocycles. The third-order valence-electron chi connectivity index (χ3n) is 4.31. The second-order valence-corrected chi connectivity index (χ2v) is 6.22. The second-order valence-electron chi connectivity index (χ2n) is 6.22. The number of phenols is 1. The summed E-state index contributed by atoms with van der Waals surface area (Å²) in [5.41, 5.74) is 1.64. The first-order chi connectivity index (χ1) is 11.6. The largest absolute Gasteiger partial charge is 0.508 e. The smallest absolute Gasteiger partial charge is 0.274 e. The van der Waals surface area contributed by atoms with E-state index in [0.717, 1.165) is 12.8 Å². The summed E-state index contributed by atoms with van der Waals surface area (Å²) in [6.07, 6.45) is 7.44. The van der Waals surface area contributed by atoms with Gasteiger partial charge in [-0.2, -0.15) is 0 Å². The predicted octanol–water partition coefficient (Wildman–Crippen LogP) is 3.49. The number of benzene rings is 1. The Kier molecular flexibility index (Phi) is 4.93. The summed E-state index contributed by atoms with van der Waals surface area (Å²) >= 11 is 0. The fourth-order valence-electron chi connectivity index (χ4n) is 2.94. The molecule has 1 amide bonds. The maximum Gasteiger partial charge on any atom is 0.274 e. The highest BCUT2D eigenvalue weighted by Gasteiger charge is 2.15. The molecule has 1 fully saturated rings. The standard InChI is InChI=1S/C18H22N4O2/c1-12-9-14(7-8-16(12)23)22-18(24)15-10-17(20-11-19-15)21-13-5-3-2-4-6-13/h7-11,13,23H,2-6H2,1H3,(H,22,24)(H,19,20,21). The highest BCUT2D eigenvalue weighted by atomic mass is 16.3. The number of aryl methyl sites for hydroxylation is 1. The van der Waals surface area contributed by atoms with Gasteiger partial charge in [-0.1, -0.05) is 19.3 Å². The van der Waals surface area contributed by atoms with Crippen LogP contribution in [0.2, 0.25) is 0 Å². The Morgan fingerprint density at radius 3 is 2.71 bits per heavy atom. The Labute approximate surface area is 141 Å². The molecule has 3 N–H and O–H groups in total. The van der Waals surface area contributed by atoms with Crippen molar-refractivity contribution < 1.29 is 9.90 Å². The lowest BCUT2D eigenvalue weighted by Gasteiger charge is -2.23. The average molecular weight is 326 g/mol. The van der Waals surface area contributed by atoms with E-state index < -0.39 is 0 Å². The van der Waals surface area contributed by atoms with Gasteiger partial charge in [0.05, 0.1) is 0 Å². The Morgan fingerprint density at radius 2 is 1.96 bits per heavy atom. The summed E-state index contributed by atoms with van der Waals surface area (Å²) in [6, 6.07) is 7.03. The number of hydrogen-bond donors (Lipinski definition) is 3. The minimum Gasteiger partial charge on any atom is -0.508 e. The first kappa shape index (κ1) is 16.2. The van der Waals surface area contributed by atoms with Crippen LogP contribution in [0.4, 0.5) is 11.5 Å². The molecule has 0 aliphatic heterocycles. The molecule has 1 aliphatic carbocycles. The molecule has 0 atom stereocenters. The molecule has 24 heavy (non-hydrogen) atoms. The Balaban J connectivity index is 1.68. The molecular weight excluding hydrogens is 304 g/mol. The van der Waals surface area contributed by atoms with Crippen LogP contribution in [0.25, 0.3) is 0 Å². The minimum absolute atomic E-state index is 0.203. The van der Waals surface area contributed by atoms with E-state index in [0.29, 0.717) is 28.8 Å². The van der Waals surface area contributed by atoms with Crippen LogP contribution in [0, 0.1) is 6.92 Å². The molecule has 1 saturated carbocycles. The summed E-state index contributed by atoms with van der Waals surface area (Å²) in [5.74, 6) is 0.590. The zero-order chi connectivity index (χ0) is 16.9. The number of anilines is 2. The molecule has 0 radical (unpaired) electrons. The number of phenolic OH excluding ortho intramolecular Hbond substituents is 1. The number of nitrogens with one attached hydrogen (secondary N) is 2. The molecule has 0 bridgehead atoms. The summed E-state index contributed by atoms with van der Waals surface area (Å²) in [7, 11) is 0. The highest BCUT2D eigenvalue weighted by Crippen LogP contribution is 2.22. The molecule has 126 valence electrons. The molecule has 0 spiro atoms. The molecule has 1 heterocycles. The van der Waals surface area contributed by atoms with Crippen molar-refractivity contribution in [2.75, 3.05) is 10.6 Å². The first-order valence-electron chi connectivity index (χ1n) is 8.31. The van der Waals surface area contributed by atoms with Gasteiger partial charge in [0.2, 0.25) is 0 Å². The van der Waals surface area contributed by atoms with Crippen LogP contribution < -0.4 is 10.6 Å². The van der Waals surface area contributed by atoms with E-state index in [1.54, 1.807) is 31.2 Å². The monoisotopic (exact) mass is 326 g/mol. The average Bonchev–Trinajstić information content (AvgIpc) is 2.59. The zero-order valence-electron chi connectivity index (χ0n) is 13.7. The topological polar surface area (TPSA) is 87.1 Å². The van der Waals surface area contributed by atoms with Crippen molar-refractivity contribution in [2.24, 2.45) is 0 Å². The molecule has 3 rings (SSSR count). The molecule has 6 nitrogen and oxygen atoms in total. The van der Waals surface area contributed by atoms with Crippen LogP contribution in [0.5, 0.6) is 5.75 Å². The van der Waals surface area contributed by atoms with Gasteiger partial charge in [-0.15, -0.1) is 0 Å². The maximum absolute atomic E-state index is 12.4. The number of amides is 1. The first-order valence-corrected chi connectivity index (χ1v) is 8.31. The van der Waals surface area contributed by atoms with Gasteiger partial charge in [-0.05, 0) is 43.5 Å². The lowest BCUT2D eigenvalue weighted by Crippen LogP contribution is -2.23. The maximum atomic E-state index is 12.4. The third-order valence-corrected chi connectivity index (χ3v) is 4.31. The number of aromatic nitrogens is 2. The lowest BCUT2D eigenvalue weighted by molar-refractivity contribution is 0.102. The number of rotatable bonds is 4. The molecular formula is C18H22N4O2. The van der Waals surface area contributed by atoms with E-state index in [9.17, 15) is 9.90 Å². The van der Waals surface area contributed by atoms with Crippen molar-refractivity contribution >= 4 is 17.4 Å². The van der Waals surface area contributed by atoms with Crippen molar-refractivity contribution in [3.63, 3.8) is 0 Å². The van der Waals surface area contributed by atoms with Crippen LogP contribution in [0.1, 0.15) is 48.2 Å². The van der Waals surface area contributed by atoms with Crippen LogP contribution in [0.15, 0.2) is 30.6 Å². The number of carbonyl (C=O) groups excluding carboxylic acids is 1. The zero-order valence-corrected chi connectivity index (χ0v) is 13.7. The molecule has 2 aromatic rings.